The predicted molar refractivity (Wildman–Crippen MR) is 209 cm³/mol. The molecule has 244 valence electrons. The van der Waals surface area contributed by atoms with E-state index in [9.17, 15) is 0 Å². The van der Waals surface area contributed by atoms with Crippen LogP contribution in [0.3, 0.4) is 0 Å². The van der Waals surface area contributed by atoms with Crippen molar-refractivity contribution < 1.29 is 9.47 Å². The number of nitrogens with zero attached hydrogens (tertiary/aromatic N) is 1. The van der Waals surface area contributed by atoms with Gasteiger partial charge in [0, 0.05) is 16.9 Å². The van der Waals surface area contributed by atoms with Crippen molar-refractivity contribution >= 4 is 17.1 Å². The van der Waals surface area contributed by atoms with E-state index in [4.69, 9.17) is 9.47 Å². The molecular formula is C49H31NO2. The lowest BCUT2D eigenvalue weighted by Crippen LogP contribution is -2.25. The van der Waals surface area contributed by atoms with E-state index in [1.807, 2.05) is 18.2 Å². The van der Waals surface area contributed by atoms with E-state index < -0.39 is 5.41 Å². The van der Waals surface area contributed by atoms with Gasteiger partial charge in [-0.25, -0.2) is 0 Å². The Balaban J connectivity index is 1.12. The second-order valence-electron chi connectivity index (χ2n) is 13.6. The molecule has 1 spiro atoms. The number of hydrogen-bond acceptors (Lipinski definition) is 3. The molecule has 0 N–H and O–H groups in total. The van der Waals surface area contributed by atoms with Gasteiger partial charge in [0.25, 0.3) is 0 Å². The highest BCUT2D eigenvalue weighted by Crippen LogP contribution is 2.66. The second-order valence-corrected chi connectivity index (χ2v) is 13.6. The lowest BCUT2D eigenvalue weighted by molar-refractivity contribution is 0.361. The van der Waals surface area contributed by atoms with Crippen LogP contribution in [-0.2, 0) is 5.41 Å². The molecular weight excluding hydrogens is 635 g/mol. The van der Waals surface area contributed by atoms with E-state index in [1.54, 1.807) is 0 Å². The third-order valence-corrected chi connectivity index (χ3v) is 10.9. The van der Waals surface area contributed by atoms with Gasteiger partial charge in [0.15, 0.2) is 23.0 Å². The summed E-state index contributed by atoms with van der Waals surface area (Å²) in [5.74, 6) is 2.83. The summed E-state index contributed by atoms with van der Waals surface area (Å²) in [6, 6.07) is 66.8. The summed E-state index contributed by atoms with van der Waals surface area (Å²) in [4.78, 5) is 2.27. The van der Waals surface area contributed by atoms with Crippen LogP contribution in [-0.4, -0.2) is 0 Å². The number of para-hydroxylation sites is 2. The molecule has 0 aromatic heterocycles. The van der Waals surface area contributed by atoms with Crippen molar-refractivity contribution in [3.8, 4) is 56.4 Å². The molecule has 11 rings (SSSR count). The monoisotopic (exact) mass is 665 g/mol. The molecule has 52 heavy (non-hydrogen) atoms. The van der Waals surface area contributed by atoms with Crippen molar-refractivity contribution in [2.75, 3.05) is 4.90 Å². The van der Waals surface area contributed by atoms with Gasteiger partial charge in [0.05, 0.1) is 11.1 Å². The maximum atomic E-state index is 7.26. The zero-order chi connectivity index (χ0) is 34.2. The van der Waals surface area contributed by atoms with Gasteiger partial charge in [-0.3, -0.25) is 0 Å². The highest BCUT2D eigenvalue weighted by atomic mass is 16.6. The summed E-state index contributed by atoms with van der Waals surface area (Å²) in [7, 11) is 0. The van der Waals surface area contributed by atoms with Crippen molar-refractivity contribution in [3.05, 3.63) is 210 Å². The Morgan fingerprint density at radius 3 is 1.65 bits per heavy atom. The Labute approximate surface area is 302 Å². The van der Waals surface area contributed by atoms with Gasteiger partial charge in [0.1, 0.15) is 0 Å². The fourth-order valence-corrected chi connectivity index (χ4v) is 8.86. The Morgan fingerprint density at radius 2 is 0.923 bits per heavy atom. The fraction of sp³-hybridized carbons (Fsp3) is 0.0204. The average molecular weight is 666 g/mol. The smallest absolute Gasteiger partial charge is 0.194 e. The molecule has 3 aliphatic rings. The summed E-state index contributed by atoms with van der Waals surface area (Å²) < 4.78 is 14.1. The molecule has 0 unspecified atom stereocenters. The first-order valence-electron chi connectivity index (χ1n) is 17.8. The molecule has 0 atom stereocenters. The molecule has 2 aliphatic carbocycles. The maximum absolute atomic E-state index is 7.26. The van der Waals surface area contributed by atoms with E-state index in [0.717, 1.165) is 33.9 Å². The van der Waals surface area contributed by atoms with Crippen LogP contribution in [0.4, 0.5) is 17.1 Å². The van der Waals surface area contributed by atoms with Gasteiger partial charge in [0.2, 0.25) is 0 Å². The minimum absolute atomic E-state index is 0.467. The minimum atomic E-state index is -0.467. The molecule has 8 aromatic carbocycles. The van der Waals surface area contributed by atoms with Crippen LogP contribution in [0, 0.1) is 0 Å². The Hall–Kier alpha value is -6.84. The number of anilines is 3. The van der Waals surface area contributed by atoms with Crippen LogP contribution in [0.2, 0.25) is 0 Å². The molecule has 0 fully saturated rings. The largest absolute Gasteiger partial charge is 0.449 e. The molecule has 1 aliphatic heterocycles. The molecule has 3 nitrogen and oxygen atoms in total. The van der Waals surface area contributed by atoms with Crippen LogP contribution in [0.1, 0.15) is 22.3 Å². The van der Waals surface area contributed by atoms with E-state index in [0.29, 0.717) is 17.2 Å². The van der Waals surface area contributed by atoms with E-state index in [2.05, 4.69) is 175 Å². The van der Waals surface area contributed by atoms with Crippen molar-refractivity contribution in [2.45, 2.75) is 5.41 Å². The lowest BCUT2D eigenvalue weighted by Gasteiger charge is -2.32. The summed E-state index contributed by atoms with van der Waals surface area (Å²) in [6.45, 7) is 0. The number of rotatable bonds is 4. The average Bonchev–Trinajstić information content (AvgIpc) is 3.69. The van der Waals surface area contributed by atoms with Crippen LogP contribution >= 0.6 is 0 Å². The fourth-order valence-electron chi connectivity index (χ4n) is 8.86. The first kappa shape index (κ1) is 28.9. The number of hydrogen-bond donors (Lipinski definition) is 0. The van der Waals surface area contributed by atoms with Crippen LogP contribution in [0.15, 0.2) is 188 Å². The highest BCUT2D eigenvalue weighted by molar-refractivity contribution is 5.98. The first-order chi connectivity index (χ1) is 25.8. The standard InChI is InChI=1S/C49H31NO2/c1-3-15-32(16-4-1)33-17-13-20-35(31-33)50(34-18-5-2-6-19-34)43-27-14-28-44-47(43)52-48-45(51-44)30-29-42-46(48)38-23-9-12-26-41(38)49(42)39-24-10-7-21-36(39)37-22-8-11-25-40(37)49/h1-31H. The minimum Gasteiger partial charge on any atom is -0.449 e. The quantitative estimate of drug-likeness (QED) is 0.187. The van der Waals surface area contributed by atoms with Crippen molar-refractivity contribution in [2.24, 2.45) is 0 Å². The van der Waals surface area contributed by atoms with Gasteiger partial charge in [-0.1, -0.05) is 146 Å². The number of fused-ring (bicyclic) bond motifs is 13. The third-order valence-electron chi connectivity index (χ3n) is 10.9. The van der Waals surface area contributed by atoms with Gasteiger partial charge in [-0.05, 0) is 92.5 Å². The van der Waals surface area contributed by atoms with Gasteiger partial charge < -0.3 is 14.4 Å². The van der Waals surface area contributed by atoms with Gasteiger partial charge >= 0.3 is 0 Å². The molecule has 8 aromatic rings. The Morgan fingerprint density at radius 1 is 0.365 bits per heavy atom. The van der Waals surface area contributed by atoms with Crippen molar-refractivity contribution in [3.63, 3.8) is 0 Å². The zero-order valence-corrected chi connectivity index (χ0v) is 28.2. The summed E-state index contributed by atoms with van der Waals surface area (Å²) in [5, 5.41) is 0. The number of benzene rings is 8. The molecule has 3 heteroatoms. The van der Waals surface area contributed by atoms with Crippen molar-refractivity contribution in [1.29, 1.82) is 0 Å². The Bertz CT molecular complexity index is 2650. The van der Waals surface area contributed by atoms with E-state index >= 15 is 0 Å². The maximum Gasteiger partial charge on any atom is 0.194 e. The van der Waals surface area contributed by atoms with Gasteiger partial charge in [-0.2, -0.15) is 0 Å². The van der Waals surface area contributed by atoms with Crippen molar-refractivity contribution in [1.82, 2.24) is 0 Å². The van der Waals surface area contributed by atoms with Crippen LogP contribution in [0.25, 0.3) is 33.4 Å². The SMILES string of the molecule is c1ccc(-c2cccc(N(c3ccccc3)c3cccc4c3Oc3c(ccc5c3-c3ccccc3C53c5ccccc5-c5ccccc53)O4)c2)cc1. The molecule has 0 radical (unpaired) electrons. The first-order valence-corrected chi connectivity index (χ1v) is 17.8. The molecule has 0 saturated heterocycles. The lowest BCUT2D eigenvalue weighted by atomic mass is 9.70. The molecule has 0 amide bonds. The highest BCUT2D eigenvalue weighted by Gasteiger charge is 2.53. The normalized spacial score (nSPS) is 13.5. The van der Waals surface area contributed by atoms with E-state index in [1.165, 1.54) is 44.5 Å². The number of ether oxygens (including phenoxy) is 2. The molecule has 0 saturated carbocycles. The van der Waals surface area contributed by atoms with Crippen LogP contribution in [0.5, 0.6) is 23.0 Å². The van der Waals surface area contributed by atoms with E-state index in [-0.39, 0.29) is 0 Å². The molecule has 1 heterocycles. The summed E-state index contributed by atoms with van der Waals surface area (Å²) >= 11 is 0. The summed E-state index contributed by atoms with van der Waals surface area (Å²) in [5.41, 5.74) is 14.7. The second kappa shape index (κ2) is 11.1. The zero-order valence-electron chi connectivity index (χ0n) is 28.2. The molecule has 0 bridgehead atoms. The topological polar surface area (TPSA) is 21.7 Å². The predicted octanol–water partition coefficient (Wildman–Crippen LogP) is 13.1. The Kier molecular flexibility index (Phi) is 6.17. The van der Waals surface area contributed by atoms with Gasteiger partial charge in [-0.15, -0.1) is 0 Å². The summed E-state index contributed by atoms with van der Waals surface area (Å²) in [6.07, 6.45) is 0. The third kappa shape index (κ3) is 3.96. The van der Waals surface area contributed by atoms with Crippen LogP contribution < -0.4 is 14.4 Å².